The van der Waals surface area contributed by atoms with Gasteiger partial charge in [-0.2, -0.15) is 0 Å². The molecule has 0 amide bonds. The Bertz CT molecular complexity index is 1720. The molecule has 5 rings (SSSR count). The van der Waals surface area contributed by atoms with Crippen LogP contribution in [0.4, 0.5) is 0 Å². The van der Waals surface area contributed by atoms with E-state index in [1.807, 2.05) is 91.9 Å². The number of allylic oxidation sites excluding steroid dienone is 1. The summed E-state index contributed by atoms with van der Waals surface area (Å²) in [6.07, 6.45) is 1.81. The molecule has 8 heteroatoms. The molecule has 4 aromatic rings. The van der Waals surface area contributed by atoms with Crippen LogP contribution in [0.1, 0.15) is 36.6 Å². The second-order valence-corrected chi connectivity index (χ2v) is 10.3. The molecule has 2 heterocycles. The van der Waals surface area contributed by atoms with Crippen LogP contribution in [0, 0.1) is 6.92 Å². The summed E-state index contributed by atoms with van der Waals surface area (Å²) >= 11 is 1.28. The number of rotatable bonds is 9. The highest BCUT2D eigenvalue weighted by molar-refractivity contribution is 7.07. The number of hydrogen-bond donors (Lipinski definition) is 0. The van der Waals surface area contributed by atoms with Gasteiger partial charge in [0.25, 0.3) is 5.56 Å². The molecule has 0 aliphatic carbocycles. The third-order valence-electron chi connectivity index (χ3n) is 6.47. The second-order valence-electron chi connectivity index (χ2n) is 9.26. The van der Waals surface area contributed by atoms with Gasteiger partial charge >= 0.3 is 5.97 Å². The van der Waals surface area contributed by atoms with E-state index in [2.05, 4.69) is 4.99 Å². The molecule has 0 N–H and O–H groups in total. The Labute approximate surface area is 236 Å². The normalized spacial score (nSPS) is 14.9. The molecule has 1 aliphatic rings. The van der Waals surface area contributed by atoms with Gasteiger partial charge in [0.1, 0.15) is 24.7 Å². The van der Waals surface area contributed by atoms with Crippen molar-refractivity contribution in [2.75, 3.05) is 19.8 Å². The van der Waals surface area contributed by atoms with E-state index in [1.54, 1.807) is 18.4 Å². The van der Waals surface area contributed by atoms with E-state index in [4.69, 9.17) is 14.2 Å². The fourth-order valence-electron chi connectivity index (χ4n) is 4.56. The van der Waals surface area contributed by atoms with Crippen LogP contribution in [0.5, 0.6) is 11.5 Å². The van der Waals surface area contributed by atoms with Crippen molar-refractivity contribution < 1.29 is 19.0 Å². The summed E-state index contributed by atoms with van der Waals surface area (Å²) in [5.41, 5.74) is 3.42. The highest BCUT2D eigenvalue weighted by Crippen LogP contribution is 2.30. The monoisotopic (exact) mass is 554 g/mol. The topological polar surface area (TPSA) is 79.1 Å². The van der Waals surface area contributed by atoms with Crippen molar-refractivity contribution in [1.29, 1.82) is 0 Å². The van der Waals surface area contributed by atoms with Crippen molar-refractivity contribution in [1.82, 2.24) is 4.57 Å². The maximum Gasteiger partial charge on any atom is 0.338 e. The molecular formula is C32H30N2O5S. The van der Waals surface area contributed by atoms with Crippen LogP contribution in [-0.2, 0) is 9.53 Å². The summed E-state index contributed by atoms with van der Waals surface area (Å²) < 4.78 is 19.2. The van der Waals surface area contributed by atoms with Gasteiger partial charge in [-0.3, -0.25) is 9.36 Å². The van der Waals surface area contributed by atoms with E-state index >= 15 is 0 Å². The lowest BCUT2D eigenvalue weighted by molar-refractivity contribution is -0.139. The molecule has 0 saturated carbocycles. The number of nitrogens with zero attached hydrogens (tertiary/aromatic N) is 2. The second kappa shape index (κ2) is 12.2. The minimum Gasteiger partial charge on any atom is -0.490 e. The number of ether oxygens (including phenoxy) is 3. The van der Waals surface area contributed by atoms with Crippen LogP contribution in [0.3, 0.4) is 0 Å². The van der Waals surface area contributed by atoms with E-state index in [-0.39, 0.29) is 12.2 Å². The van der Waals surface area contributed by atoms with Crippen LogP contribution in [0.15, 0.2) is 99.9 Å². The van der Waals surface area contributed by atoms with Crippen LogP contribution in [0.2, 0.25) is 0 Å². The van der Waals surface area contributed by atoms with E-state index in [9.17, 15) is 9.59 Å². The SMILES string of the molecule is CCOC(=O)C1=C(C)N=c2sc(=Cc3ccccc3OCCOc3ccc(C)cc3)c(=O)n2[C@H]1c1ccccc1. The van der Waals surface area contributed by atoms with E-state index in [0.29, 0.717) is 39.6 Å². The van der Waals surface area contributed by atoms with Crippen molar-refractivity contribution in [3.63, 3.8) is 0 Å². The van der Waals surface area contributed by atoms with Gasteiger partial charge in [0, 0.05) is 5.56 Å². The largest absolute Gasteiger partial charge is 0.490 e. The number of carbonyl (C=O) groups excluding carboxylic acids is 1. The Balaban J connectivity index is 1.47. The number of esters is 1. The summed E-state index contributed by atoms with van der Waals surface area (Å²) in [6, 6.07) is 24.3. The zero-order valence-corrected chi connectivity index (χ0v) is 23.4. The molecule has 0 spiro atoms. The Morgan fingerprint density at radius 3 is 2.40 bits per heavy atom. The minimum atomic E-state index is -0.635. The molecule has 0 bridgehead atoms. The summed E-state index contributed by atoms with van der Waals surface area (Å²) in [6.45, 7) is 6.52. The van der Waals surface area contributed by atoms with E-state index in [0.717, 1.165) is 16.9 Å². The van der Waals surface area contributed by atoms with Crippen LogP contribution < -0.4 is 24.4 Å². The Morgan fingerprint density at radius 1 is 0.950 bits per heavy atom. The molecule has 1 atom stereocenters. The predicted octanol–water partition coefficient (Wildman–Crippen LogP) is 4.56. The van der Waals surface area contributed by atoms with Gasteiger partial charge < -0.3 is 14.2 Å². The molecule has 0 saturated heterocycles. The minimum absolute atomic E-state index is 0.231. The van der Waals surface area contributed by atoms with Crippen LogP contribution in [-0.4, -0.2) is 30.4 Å². The van der Waals surface area contributed by atoms with Gasteiger partial charge in [-0.05, 0) is 50.6 Å². The van der Waals surface area contributed by atoms with E-state index < -0.39 is 12.0 Å². The van der Waals surface area contributed by atoms with Gasteiger partial charge in [-0.15, -0.1) is 0 Å². The Kier molecular flexibility index (Phi) is 8.26. The number of thiazole rings is 1. The quantitative estimate of drug-likeness (QED) is 0.224. The number of benzene rings is 3. The average Bonchev–Trinajstić information content (AvgIpc) is 3.26. The fourth-order valence-corrected chi connectivity index (χ4v) is 5.60. The highest BCUT2D eigenvalue weighted by atomic mass is 32.1. The maximum absolute atomic E-state index is 13.8. The van der Waals surface area contributed by atoms with Gasteiger partial charge in [-0.1, -0.05) is 77.6 Å². The van der Waals surface area contributed by atoms with Crippen LogP contribution in [0.25, 0.3) is 6.08 Å². The summed E-state index contributed by atoms with van der Waals surface area (Å²) in [5, 5.41) is 0. The molecular weight excluding hydrogens is 524 g/mol. The molecule has 7 nitrogen and oxygen atoms in total. The van der Waals surface area contributed by atoms with Crippen LogP contribution >= 0.6 is 11.3 Å². The first-order valence-corrected chi connectivity index (χ1v) is 13.9. The zero-order valence-electron chi connectivity index (χ0n) is 22.6. The maximum atomic E-state index is 13.8. The first kappa shape index (κ1) is 27.1. The lowest BCUT2D eigenvalue weighted by Crippen LogP contribution is -2.39. The summed E-state index contributed by atoms with van der Waals surface area (Å²) in [7, 11) is 0. The smallest absolute Gasteiger partial charge is 0.338 e. The fraction of sp³-hybridized carbons (Fsp3) is 0.219. The number of fused-ring (bicyclic) bond motifs is 1. The molecule has 0 fully saturated rings. The predicted molar refractivity (Wildman–Crippen MR) is 155 cm³/mol. The number of aromatic nitrogens is 1. The molecule has 1 aromatic heterocycles. The third kappa shape index (κ3) is 5.77. The number of hydrogen-bond acceptors (Lipinski definition) is 7. The zero-order chi connectivity index (χ0) is 28.1. The summed E-state index contributed by atoms with van der Waals surface area (Å²) in [4.78, 5) is 32.0. The molecule has 3 aromatic carbocycles. The lowest BCUT2D eigenvalue weighted by Gasteiger charge is -2.24. The Hall–Kier alpha value is -4.43. The third-order valence-corrected chi connectivity index (χ3v) is 7.45. The molecule has 204 valence electrons. The van der Waals surface area contributed by atoms with Crippen molar-refractivity contribution in [3.8, 4) is 11.5 Å². The van der Waals surface area contributed by atoms with Gasteiger partial charge in [0.2, 0.25) is 0 Å². The molecule has 1 aliphatic heterocycles. The van der Waals surface area contributed by atoms with Gasteiger partial charge in [0.15, 0.2) is 4.80 Å². The van der Waals surface area contributed by atoms with E-state index in [1.165, 1.54) is 16.9 Å². The summed E-state index contributed by atoms with van der Waals surface area (Å²) in [5.74, 6) is 0.955. The lowest BCUT2D eigenvalue weighted by atomic mass is 9.96. The van der Waals surface area contributed by atoms with Crippen molar-refractivity contribution in [3.05, 3.63) is 127 Å². The van der Waals surface area contributed by atoms with Crippen molar-refractivity contribution >= 4 is 23.4 Å². The number of carbonyl (C=O) groups is 1. The Morgan fingerprint density at radius 2 is 1.65 bits per heavy atom. The molecule has 40 heavy (non-hydrogen) atoms. The van der Waals surface area contributed by atoms with Crippen molar-refractivity contribution in [2.45, 2.75) is 26.8 Å². The average molecular weight is 555 g/mol. The van der Waals surface area contributed by atoms with Gasteiger partial charge in [-0.25, -0.2) is 9.79 Å². The highest BCUT2D eigenvalue weighted by Gasteiger charge is 2.33. The van der Waals surface area contributed by atoms with Crippen molar-refractivity contribution in [2.24, 2.45) is 4.99 Å². The first-order valence-electron chi connectivity index (χ1n) is 13.1. The number of aryl methyl sites for hydroxylation is 1. The first-order chi connectivity index (χ1) is 19.5. The standard InChI is InChI=1S/C32H30N2O5S/c1-4-37-31(36)28-22(3)33-32-34(29(28)23-10-6-5-7-11-23)30(35)27(40-32)20-24-12-8-9-13-26(24)39-19-18-38-25-16-14-21(2)15-17-25/h5-17,20,29H,4,18-19H2,1-3H3/t29-/m0/s1. The van der Waals surface area contributed by atoms with Gasteiger partial charge in [0.05, 0.1) is 28.5 Å². The number of para-hydroxylation sites is 1. The molecule has 0 radical (unpaired) electrons. The molecule has 0 unspecified atom stereocenters.